The molecular formula is C13H19NO2S. The van der Waals surface area contributed by atoms with E-state index >= 15 is 0 Å². The highest BCUT2D eigenvalue weighted by molar-refractivity contribution is 7.91. The summed E-state index contributed by atoms with van der Waals surface area (Å²) in [6.45, 7) is 7.10. The first-order chi connectivity index (χ1) is 7.87. The standard InChI is InChI=1S/C13H19NO2S/c1-4-17(15,16)11-7-5-10(6-8-11)12-13(2,3)9-14-12/h5-8,12,14H,4,9H2,1-3H3. The molecule has 1 aliphatic rings. The zero-order valence-corrected chi connectivity index (χ0v) is 11.3. The van der Waals surface area contributed by atoms with E-state index in [2.05, 4.69) is 19.2 Å². The number of nitrogens with one attached hydrogen (secondary N) is 1. The van der Waals surface area contributed by atoms with Crippen LogP contribution in [0.2, 0.25) is 0 Å². The van der Waals surface area contributed by atoms with E-state index in [0.717, 1.165) is 12.1 Å². The fraction of sp³-hybridized carbons (Fsp3) is 0.538. The summed E-state index contributed by atoms with van der Waals surface area (Å²) in [7, 11) is -3.08. The van der Waals surface area contributed by atoms with Gasteiger partial charge < -0.3 is 5.32 Å². The SMILES string of the molecule is CCS(=O)(=O)c1ccc(C2NCC2(C)C)cc1. The van der Waals surface area contributed by atoms with Crippen LogP contribution in [0.25, 0.3) is 0 Å². The van der Waals surface area contributed by atoms with Gasteiger partial charge in [0.1, 0.15) is 0 Å². The Labute approximate surface area is 103 Å². The lowest BCUT2D eigenvalue weighted by Crippen LogP contribution is -2.52. The van der Waals surface area contributed by atoms with Gasteiger partial charge in [0.25, 0.3) is 0 Å². The van der Waals surface area contributed by atoms with E-state index < -0.39 is 9.84 Å². The molecule has 1 fully saturated rings. The summed E-state index contributed by atoms with van der Waals surface area (Å²) < 4.78 is 23.4. The lowest BCUT2D eigenvalue weighted by Gasteiger charge is -2.46. The van der Waals surface area contributed by atoms with Gasteiger partial charge >= 0.3 is 0 Å². The van der Waals surface area contributed by atoms with E-state index in [1.54, 1.807) is 19.1 Å². The molecule has 94 valence electrons. The fourth-order valence-electron chi connectivity index (χ4n) is 2.22. The van der Waals surface area contributed by atoms with Crippen LogP contribution in [0.5, 0.6) is 0 Å². The number of hydrogen-bond donors (Lipinski definition) is 1. The van der Waals surface area contributed by atoms with Gasteiger partial charge in [-0.15, -0.1) is 0 Å². The highest BCUT2D eigenvalue weighted by Gasteiger charge is 2.38. The van der Waals surface area contributed by atoms with Crippen LogP contribution in [-0.2, 0) is 9.84 Å². The van der Waals surface area contributed by atoms with Crippen molar-refractivity contribution in [3.05, 3.63) is 29.8 Å². The molecule has 1 unspecified atom stereocenters. The topological polar surface area (TPSA) is 46.2 Å². The normalized spacial score (nSPS) is 23.1. The van der Waals surface area contributed by atoms with E-state index in [-0.39, 0.29) is 11.2 Å². The molecule has 0 amide bonds. The van der Waals surface area contributed by atoms with Gasteiger partial charge in [-0.2, -0.15) is 0 Å². The lowest BCUT2D eigenvalue weighted by atomic mass is 9.74. The summed E-state index contributed by atoms with van der Waals surface area (Å²) >= 11 is 0. The van der Waals surface area contributed by atoms with Crippen LogP contribution in [0.4, 0.5) is 0 Å². The molecule has 0 saturated carbocycles. The summed E-state index contributed by atoms with van der Waals surface area (Å²) in [5, 5.41) is 3.37. The van der Waals surface area contributed by atoms with E-state index in [0.29, 0.717) is 10.9 Å². The maximum absolute atomic E-state index is 11.7. The molecule has 0 spiro atoms. The van der Waals surface area contributed by atoms with Crippen molar-refractivity contribution in [1.29, 1.82) is 0 Å². The largest absolute Gasteiger partial charge is 0.309 e. The third kappa shape index (κ3) is 2.24. The zero-order chi connectivity index (χ0) is 12.7. The third-order valence-electron chi connectivity index (χ3n) is 3.50. The number of benzene rings is 1. The molecule has 0 aromatic heterocycles. The molecule has 3 nitrogen and oxygen atoms in total. The Morgan fingerprint density at radius 1 is 1.29 bits per heavy atom. The van der Waals surface area contributed by atoms with E-state index in [9.17, 15) is 8.42 Å². The molecule has 1 saturated heterocycles. The summed E-state index contributed by atoms with van der Waals surface area (Å²) in [6, 6.07) is 7.59. The first-order valence-electron chi connectivity index (χ1n) is 5.93. The van der Waals surface area contributed by atoms with Gasteiger partial charge in [-0.05, 0) is 23.1 Å². The molecule has 1 aromatic rings. The zero-order valence-electron chi connectivity index (χ0n) is 10.5. The monoisotopic (exact) mass is 253 g/mol. The van der Waals surface area contributed by atoms with E-state index in [1.807, 2.05) is 12.1 Å². The summed E-state index contributed by atoms with van der Waals surface area (Å²) in [5.41, 5.74) is 1.42. The number of sulfone groups is 1. The highest BCUT2D eigenvalue weighted by atomic mass is 32.2. The Hall–Kier alpha value is -0.870. The van der Waals surface area contributed by atoms with Crippen LogP contribution in [-0.4, -0.2) is 20.7 Å². The van der Waals surface area contributed by atoms with Crippen molar-refractivity contribution in [3.8, 4) is 0 Å². The number of hydrogen-bond acceptors (Lipinski definition) is 3. The molecule has 2 rings (SSSR count). The van der Waals surface area contributed by atoms with E-state index in [4.69, 9.17) is 0 Å². The van der Waals surface area contributed by atoms with Crippen LogP contribution >= 0.6 is 0 Å². The van der Waals surface area contributed by atoms with Crippen LogP contribution in [0, 0.1) is 5.41 Å². The lowest BCUT2D eigenvalue weighted by molar-refractivity contribution is 0.128. The quantitative estimate of drug-likeness (QED) is 0.898. The Bertz CT molecular complexity index is 503. The second-order valence-electron chi connectivity index (χ2n) is 5.27. The molecule has 1 aliphatic heterocycles. The van der Waals surface area contributed by atoms with Crippen molar-refractivity contribution in [1.82, 2.24) is 5.32 Å². The predicted octanol–water partition coefficient (Wildman–Crippen LogP) is 2.15. The molecule has 0 aliphatic carbocycles. The molecular weight excluding hydrogens is 234 g/mol. The maximum Gasteiger partial charge on any atom is 0.178 e. The predicted molar refractivity (Wildman–Crippen MR) is 68.7 cm³/mol. The van der Waals surface area contributed by atoms with Gasteiger partial charge in [-0.3, -0.25) is 0 Å². The van der Waals surface area contributed by atoms with Crippen LogP contribution in [0.1, 0.15) is 32.4 Å². The van der Waals surface area contributed by atoms with Crippen molar-refractivity contribution in [2.75, 3.05) is 12.3 Å². The van der Waals surface area contributed by atoms with Crippen LogP contribution in [0.3, 0.4) is 0 Å². The van der Waals surface area contributed by atoms with Gasteiger partial charge in [0, 0.05) is 12.6 Å². The molecule has 1 atom stereocenters. The van der Waals surface area contributed by atoms with Crippen LogP contribution < -0.4 is 5.32 Å². The van der Waals surface area contributed by atoms with Gasteiger partial charge in [0.15, 0.2) is 9.84 Å². The Morgan fingerprint density at radius 2 is 1.88 bits per heavy atom. The maximum atomic E-state index is 11.7. The van der Waals surface area contributed by atoms with Crippen molar-refractivity contribution in [2.24, 2.45) is 5.41 Å². The van der Waals surface area contributed by atoms with Crippen molar-refractivity contribution in [3.63, 3.8) is 0 Å². The molecule has 4 heteroatoms. The second kappa shape index (κ2) is 4.10. The summed E-state index contributed by atoms with van der Waals surface area (Å²) in [4.78, 5) is 0.417. The van der Waals surface area contributed by atoms with Crippen LogP contribution in [0.15, 0.2) is 29.2 Å². The van der Waals surface area contributed by atoms with Gasteiger partial charge in [-0.25, -0.2) is 8.42 Å². The highest BCUT2D eigenvalue weighted by Crippen LogP contribution is 2.40. The minimum atomic E-state index is -3.08. The molecule has 0 bridgehead atoms. The molecule has 1 N–H and O–H groups in total. The fourth-order valence-corrected chi connectivity index (χ4v) is 3.10. The van der Waals surface area contributed by atoms with E-state index in [1.165, 1.54) is 0 Å². The average Bonchev–Trinajstić information content (AvgIpc) is 2.28. The first-order valence-corrected chi connectivity index (χ1v) is 7.58. The minimum absolute atomic E-state index is 0.152. The molecule has 1 heterocycles. The Morgan fingerprint density at radius 3 is 2.24 bits per heavy atom. The van der Waals surface area contributed by atoms with Crippen molar-refractivity contribution < 1.29 is 8.42 Å². The van der Waals surface area contributed by atoms with Gasteiger partial charge in [0.2, 0.25) is 0 Å². The van der Waals surface area contributed by atoms with Gasteiger partial charge in [0.05, 0.1) is 10.6 Å². The van der Waals surface area contributed by atoms with Gasteiger partial charge in [-0.1, -0.05) is 32.9 Å². The Kier molecular flexibility index (Phi) is 3.04. The van der Waals surface area contributed by atoms with Crippen molar-refractivity contribution in [2.45, 2.75) is 31.7 Å². The molecule has 0 radical (unpaired) electrons. The average molecular weight is 253 g/mol. The summed E-state index contributed by atoms with van der Waals surface area (Å²) in [6.07, 6.45) is 0. The second-order valence-corrected chi connectivity index (χ2v) is 7.55. The number of rotatable bonds is 3. The third-order valence-corrected chi connectivity index (χ3v) is 5.25. The summed E-state index contributed by atoms with van der Waals surface area (Å²) in [5.74, 6) is 0.152. The Balaban J connectivity index is 2.26. The molecule has 1 aromatic carbocycles. The molecule has 17 heavy (non-hydrogen) atoms. The minimum Gasteiger partial charge on any atom is -0.309 e. The smallest absolute Gasteiger partial charge is 0.178 e. The first kappa shape index (κ1) is 12.6. The van der Waals surface area contributed by atoms with Crippen molar-refractivity contribution >= 4 is 9.84 Å².